The van der Waals surface area contributed by atoms with Crippen LogP contribution in [-0.2, 0) is 19.1 Å². The summed E-state index contributed by atoms with van der Waals surface area (Å²) < 4.78 is 29.5. The number of nitrogens with zero attached hydrogens (tertiary/aromatic N) is 9. The van der Waals surface area contributed by atoms with Crippen molar-refractivity contribution in [3.05, 3.63) is 94.3 Å². The minimum absolute atomic E-state index is 0.00181. The molecule has 4 aromatic carbocycles. The van der Waals surface area contributed by atoms with E-state index in [1.165, 1.54) is 11.0 Å². The first kappa shape index (κ1) is 63.3. The summed E-state index contributed by atoms with van der Waals surface area (Å²) in [4.78, 5) is 82.2. The van der Waals surface area contributed by atoms with E-state index >= 15 is 4.39 Å². The number of aliphatic hydroxyl groups excluding tert-OH is 1. The molecule has 22 heteroatoms. The highest BCUT2D eigenvalue weighted by atomic mass is 35.5. The number of aromatic hydroxyl groups is 1. The fourth-order valence-corrected chi connectivity index (χ4v) is 13.6. The van der Waals surface area contributed by atoms with Gasteiger partial charge in [0, 0.05) is 89.4 Å². The number of rotatable bonds is 16. The largest absolute Gasteiger partial charge is 0.508 e. The summed E-state index contributed by atoms with van der Waals surface area (Å²) in [7, 11) is 0. The molecule has 0 aliphatic carbocycles. The molecule has 0 saturated carbocycles. The Morgan fingerprint density at radius 2 is 1.53 bits per heavy atom. The third-order valence-corrected chi connectivity index (χ3v) is 18.4. The lowest BCUT2D eigenvalue weighted by molar-refractivity contribution is -0.144. The number of piperazine rings is 2. The number of phenols is 1. The van der Waals surface area contributed by atoms with Crippen LogP contribution >= 0.6 is 22.9 Å². The Balaban J connectivity index is 0.713. The van der Waals surface area contributed by atoms with Crippen molar-refractivity contribution in [1.82, 2.24) is 50.1 Å². The van der Waals surface area contributed by atoms with Gasteiger partial charge >= 0.3 is 12.1 Å². The van der Waals surface area contributed by atoms with Gasteiger partial charge in [-0.3, -0.25) is 24.2 Å². The van der Waals surface area contributed by atoms with Crippen LogP contribution in [0.25, 0.3) is 43.2 Å². The van der Waals surface area contributed by atoms with Crippen LogP contribution < -0.4 is 20.3 Å². The van der Waals surface area contributed by atoms with Crippen molar-refractivity contribution in [3.63, 3.8) is 0 Å². The molecule has 0 bridgehead atoms. The molecule has 87 heavy (non-hydrogen) atoms. The maximum atomic E-state index is 17.3. The molecular weight excluding hydrogens is 1150 g/mol. The number of fused-ring (bicyclic) bond motifs is 2. The second-order valence-corrected chi connectivity index (χ2v) is 27.3. The van der Waals surface area contributed by atoms with Crippen LogP contribution in [0.4, 0.5) is 15.0 Å². The van der Waals surface area contributed by atoms with Crippen LogP contribution in [0.3, 0.4) is 0 Å². The van der Waals surface area contributed by atoms with Crippen molar-refractivity contribution in [2.45, 2.75) is 118 Å². The number of aryl methyl sites for hydroxylation is 1. The maximum absolute atomic E-state index is 17.3. The van der Waals surface area contributed by atoms with Crippen molar-refractivity contribution < 1.29 is 43.3 Å². The number of aliphatic hydroxyl groups is 1. The summed E-state index contributed by atoms with van der Waals surface area (Å²) in [5, 5.41) is 29.6. The van der Waals surface area contributed by atoms with Crippen LogP contribution in [0.1, 0.15) is 92.0 Å². The van der Waals surface area contributed by atoms with Crippen LogP contribution in [0, 0.1) is 24.1 Å². The molecule has 4 amide bonds. The van der Waals surface area contributed by atoms with E-state index in [1.54, 1.807) is 28.4 Å². The zero-order chi connectivity index (χ0) is 62.1. The average molecular weight is 1230 g/mol. The highest BCUT2D eigenvalue weighted by molar-refractivity contribution is 7.13. The standard InChI is InChI=1S/C65H83ClFN11O8S/c1-39(85-62-71-56-50(59(72-62)76-26-28-77(29-27-76)63(84)86-65(7,8)9)33-51(66)54(55(56)67)49-31-46(79)30-45-12-10-11-13-48(45)49)34-73-20-18-42(19-21-73)35-74-22-24-75(25-23-74)37-53(81)70-58(64(4,5)6)61(83)78-36-47(80)32-52(78)60(82)69-40(2)43-14-16-44(17-15-43)57-41(3)68-38-87-57/h10-17,30-31,33,38-40,42,47,52,58,79-80H,18-29,32,34-37H2,1-9H3,(H,69,82)(H,70,81)/t39?,40?,47-,52+,58?/m1/s1. The third-order valence-electron chi connectivity index (χ3n) is 17.1. The van der Waals surface area contributed by atoms with Gasteiger partial charge in [0.1, 0.15) is 40.9 Å². The van der Waals surface area contributed by atoms with Crippen LogP contribution in [0.5, 0.6) is 11.8 Å². The topological polar surface area (TPSA) is 209 Å². The van der Waals surface area contributed by atoms with Gasteiger partial charge in [0.05, 0.1) is 39.8 Å². The Bertz CT molecular complexity index is 3460. The van der Waals surface area contributed by atoms with E-state index in [0.717, 1.165) is 72.6 Å². The van der Waals surface area contributed by atoms with Crippen molar-refractivity contribution >= 4 is 74.2 Å². The van der Waals surface area contributed by atoms with Gasteiger partial charge in [-0.2, -0.15) is 9.97 Å². The van der Waals surface area contributed by atoms with E-state index in [1.807, 2.05) is 121 Å². The monoisotopic (exact) mass is 1230 g/mol. The summed E-state index contributed by atoms with van der Waals surface area (Å²) in [5.74, 6) is -0.770. The number of piperidine rings is 1. The molecule has 4 aliphatic heterocycles. The number of benzene rings is 4. The lowest BCUT2D eigenvalue weighted by Crippen LogP contribution is -2.59. The van der Waals surface area contributed by atoms with Crippen molar-refractivity contribution in [3.8, 4) is 33.3 Å². The summed E-state index contributed by atoms with van der Waals surface area (Å²) in [5.41, 5.74) is 3.97. The molecule has 4 saturated heterocycles. The van der Waals surface area contributed by atoms with Crippen molar-refractivity contribution in [1.29, 1.82) is 0 Å². The Morgan fingerprint density at radius 1 is 0.839 bits per heavy atom. The van der Waals surface area contributed by atoms with Gasteiger partial charge in [-0.25, -0.2) is 14.2 Å². The molecule has 0 radical (unpaired) electrons. The minimum Gasteiger partial charge on any atom is -0.508 e. The molecule has 3 unspecified atom stereocenters. The molecule has 466 valence electrons. The first-order valence-electron chi connectivity index (χ1n) is 30.4. The third kappa shape index (κ3) is 15.1. The Labute approximate surface area is 518 Å². The summed E-state index contributed by atoms with van der Waals surface area (Å²) in [6.07, 6.45) is 0.469. The van der Waals surface area contributed by atoms with Crippen LogP contribution in [0.15, 0.2) is 72.2 Å². The molecule has 2 aromatic heterocycles. The fraction of sp³-hybridized carbons (Fsp3) is 0.523. The summed E-state index contributed by atoms with van der Waals surface area (Å²) in [6, 6.07) is 18.1. The number of thiazole rings is 1. The number of nitrogens with one attached hydrogen (secondary N) is 2. The van der Waals surface area contributed by atoms with E-state index in [0.29, 0.717) is 73.9 Å². The number of phenolic OH excluding ortho intramolecular Hbond substituents is 1. The lowest BCUT2D eigenvalue weighted by atomic mass is 9.85. The van der Waals surface area contributed by atoms with Crippen LogP contribution in [0.2, 0.25) is 5.02 Å². The van der Waals surface area contributed by atoms with E-state index in [9.17, 15) is 29.4 Å². The van der Waals surface area contributed by atoms with Crippen molar-refractivity contribution in [2.24, 2.45) is 11.3 Å². The average Bonchev–Trinajstić information content (AvgIpc) is 1.33. The normalized spacial score (nSPS) is 19.7. The molecule has 5 atom stereocenters. The zero-order valence-corrected chi connectivity index (χ0v) is 53.0. The number of anilines is 1. The lowest BCUT2D eigenvalue weighted by Gasteiger charge is -2.39. The van der Waals surface area contributed by atoms with Gasteiger partial charge < -0.3 is 49.9 Å². The number of β-amino-alcohol motifs (C(OH)–C–C–N with tert-alkyl or cyclic N) is 1. The number of hydrogen-bond donors (Lipinski definition) is 4. The Hall–Kier alpha value is -6.75. The SMILES string of the molecule is Cc1ncsc1-c1ccc(C(C)NC(=O)[C@@H]2C[C@@H](O)CN2C(=O)C(NC(=O)CN2CCN(CC3CCN(CC(C)Oc4nc(N5CCN(C(=O)OC(C)(C)C)CC5)c5cc(Cl)c(-c6cc(O)cc7ccccc67)c(F)c5n4)CC3)CC2)C(C)(C)C)cc1. The van der Waals surface area contributed by atoms with E-state index in [-0.39, 0.29) is 71.3 Å². The summed E-state index contributed by atoms with van der Waals surface area (Å²) >= 11 is 8.58. The van der Waals surface area contributed by atoms with Gasteiger partial charge in [0.2, 0.25) is 17.7 Å². The molecule has 6 aromatic rings. The highest BCUT2D eigenvalue weighted by Gasteiger charge is 2.45. The molecule has 19 nitrogen and oxygen atoms in total. The predicted octanol–water partition coefficient (Wildman–Crippen LogP) is 8.90. The van der Waals surface area contributed by atoms with Crippen molar-refractivity contribution in [2.75, 3.05) is 96.5 Å². The number of aromatic nitrogens is 3. The van der Waals surface area contributed by atoms with Gasteiger partial charge in [-0.05, 0) is 124 Å². The highest BCUT2D eigenvalue weighted by Crippen LogP contribution is 2.43. The molecular formula is C65H83ClFN11O8S. The van der Waals surface area contributed by atoms with E-state index in [2.05, 4.69) is 30.3 Å². The zero-order valence-electron chi connectivity index (χ0n) is 51.4. The van der Waals surface area contributed by atoms with Gasteiger partial charge in [0.25, 0.3) is 0 Å². The predicted molar refractivity (Wildman–Crippen MR) is 338 cm³/mol. The number of halogens is 2. The minimum atomic E-state index is -0.920. The van der Waals surface area contributed by atoms with E-state index in [4.69, 9.17) is 31.0 Å². The smallest absolute Gasteiger partial charge is 0.410 e. The van der Waals surface area contributed by atoms with E-state index < -0.39 is 47.0 Å². The maximum Gasteiger partial charge on any atom is 0.410 e. The van der Waals surface area contributed by atoms with Crippen LogP contribution in [-0.4, -0.2) is 195 Å². The molecule has 6 heterocycles. The molecule has 4 aliphatic rings. The first-order chi connectivity index (χ1) is 41.3. The second kappa shape index (κ2) is 26.5. The number of carbonyl (C=O) groups excluding carboxylic acids is 4. The number of hydrogen-bond acceptors (Lipinski definition) is 16. The summed E-state index contributed by atoms with van der Waals surface area (Å²) in [6.45, 7) is 25.0. The second-order valence-electron chi connectivity index (χ2n) is 26.1. The fourth-order valence-electron chi connectivity index (χ4n) is 12.5. The quantitative estimate of drug-likeness (QED) is 0.0713. The molecule has 0 spiro atoms. The van der Waals surface area contributed by atoms with Gasteiger partial charge in [0.15, 0.2) is 5.82 Å². The number of amides is 4. The number of ether oxygens (including phenoxy) is 2. The molecule has 10 rings (SSSR count). The number of likely N-dealkylation sites (tertiary alicyclic amines) is 2. The van der Waals surface area contributed by atoms with Gasteiger partial charge in [-0.1, -0.05) is 80.9 Å². The first-order valence-corrected chi connectivity index (χ1v) is 31.7. The Kier molecular flexibility index (Phi) is 19.3. The molecule has 4 fully saturated rings. The van der Waals surface area contributed by atoms with Gasteiger partial charge in [-0.15, -0.1) is 11.3 Å². The Morgan fingerprint density at radius 3 is 2.20 bits per heavy atom. The number of carbonyl (C=O) groups is 4. The molecule has 4 N–H and O–H groups in total.